The first kappa shape index (κ1) is 13.3. The highest BCUT2D eigenvalue weighted by molar-refractivity contribution is 7.88. The Morgan fingerprint density at radius 1 is 1.22 bits per heavy atom. The Kier molecular flexibility index (Phi) is 3.89. The largest absolute Gasteiger partial charge is 0.399 e. The van der Waals surface area contributed by atoms with Crippen molar-refractivity contribution in [2.24, 2.45) is 0 Å². The molecule has 100 valence electrons. The third kappa shape index (κ3) is 3.44. The number of nitrogens with two attached hydrogens (primary N) is 1. The van der Waals surface area contributed by atoms with Crippen LogP contribution in [0.2, 0.25) is 0 Å². The molecule has 0 aromatic heterocycles. The maximum Gasteiger partial charge on any atom is 0.211 e. The van der Waals surface area contributed by atoms with Crippen LogP contribution in [0, 0.1) is 0 Å². The summed E-state index contributed by atoms with van der Waals surface area (Å²) in [6.07, 6.45) is 1.26. The Balaban J connectivity index is 1.91. The summed E-state index contributed by atoms with van der Waals surface area (Å²) in [5, 5.41) is 0. The molecule has 2 N–H and O–H groups in total. The quantitative estimate of drug-likeness (QED) is 0.804. The Morgan fingerprint density at radius 2 is 1.89 bits per heavy atom. The predicted octanol–water partition coefficient (Wildman–Crippen LogP) is 0.346. The van der Waals surface area contributed by atoms with Crippen molar-refractivity contribution in [2.75, 3.05) is 38.2 Å². The summed E-state index contributed by atoms with van der Waals surface area (Å²) < 4.78 is 24.3. The normalized spacial score (nSPS) is 18.9. The van der Waals surface area contributed by atoms with Crippen LogP contribution in [0.15, 0.2) is 24.3 Å². The molecule has 0 radical (unpaired) electrons. The molecular weight excluding hydrogens is 250 g/mol. The number of benzene rings is 1. The van der Waals surface area contributed by atoms with Crippen molar-refractivity contribution in [3.8, 4) is 0 Å². The predicted molar refractivity (Wildman–Crippen MR) is 72.5 cm³/mol. The van der Waals surface area contributed by atoms with Gasteiger partial charge in [0.25, 0.3) is 0 Å². The number of rotatable bonds is 3. The maximum atomic E-state index is 11.4. The van der Waals surface area contributed by atoms with Gasteiger partial charge in [0.05, 0.1) is 6.26 Å². The molecule has 0 saturated carbocycles. The lowest BCUT2D eigenvalue weighted by atomic mass is 10.2. The van der Waals surface area contributed by atoms with Crippen LogP contribution in [-0.2, 0) is 16.6 Å². The summed E-state index contributed by atoms with van der Waals surface area (Å²) in [5.41, 5.74) is 7.67. The molecule has 1 saturated heterocycles. The molecule has 0 atom stereocenters. The van der Waals surface area contributed by atoms with E-state index in [-0.39, 0.29) is 0 Å². The monoisotopic (exact) mass is 269 g/mol. The van der Waals surface area contributed by atoms with Gasteiger partial charge in [0.15, 0.2) is 0 Å². The second kappa shape index (κ2) is 5.26. The lowest BCUT2D eigenvalue weighted by Crippen LogP contribution is -2.47. The molecule has 0 amide bonds. The zero-order valence-corrected chi connectivity index (χ0v) is 11.4. The summed E-state index contributed by atoms with van der Waals surface area (Å²) in [5.74, 6) is 0. The van der Waals surface area contributed by atoms with E-state index in [1.807, 2.05) is 24.3 Å². The van der Waals surface area contributed by atoms with Crippen LogP contribution in [0.25, 0.3) is 0 Å². The van der Waals surface area contributed by atoms with Gasteiger partial charge in [0.2, 0.25) is 10.0 Å². The van der Waals surface area contributed by atoms with Gasteiger partial charge in [-0.1, -0.05) is 12.1 Å². The highest BCUT2D eigenvalue weighted by Gasteiger charge is 2.23. The second-order valence-corrected chi connectivity index (χ2v) is 6.67. The third-order valence-electron chi connectivity index (χ3n) is 3.16. The van der Waals surface area contributed by atoms with Gasteiger partial charge in [0, 0.05) is 38.4 Å². The van der Waals surface area contributed by atoms with Crippen LogP contribution in [-0.4, -0.2) is 50.1 Å². The molecule has 1 heterocycles. The minimum atomic E-state index is -3.04. The fourth-order valence-corrected chi connectivity index (χ4v) is 3.00. The van der Waals surface area contributed by atoms with Crippen molar-refractivity contribution in [3.05, 3.63) is 29.8 Å². The van der Waals surface area contributed by atoms with Crippen LogP contribution >= 0.6 is 0 Å². The van der Waals surface area contributed by atoms with E-state index in [4.69, 9.17) is 5.73 Å². The number of nitrogens with zero attached hydrogens (tertiary/aromatic N) is 2. The van der Waals surface area contributed by atoms with Gasteiger partial charge in [-0.15, -0.1) is 0 Å². The maximum absolute atomic E-state index is 11.4. The molecule has 1 aliphatic heterocycles. The highest BCUT2D eigenvalue weighted by atomic mass is 32.2. The summed E-state index contributed by atoms with van der Waals surface area (Å²) in [6, 6.07) is 7.81. The van der Waals surface area contributed by atoms with Crippen LogP contribution in [0.5, 0.6) is 0 Å². The molecule has 0 spiro atoms. The molecule has 0 aliphatic carbocycles. The Morgan fingerprint density at radius 3 is 2.44 bits per heavy atom. The van der Waals surface area contributed by atoms with E-state index in [1.54, 1.807) is 0 Å². The van der Waals surface area contributed by atoms with Crippen LogP contribution in [0.4, 0.5) is 5.69 Å². The van der Waals surface area contributed by atoms with Crippen molar-refractivity contribution >= 4 is 15.7 Å². The van der Waals surface area contributed by atoms with Crippen molar-refractivity contribution in [1.29, 1.82) is 0 Å². The first-order valence-electron chi connectivity index (χ1n) is 5.97. The minimum Gasteiger partial charge on any atom is -0.399 e. The fraction of sp³-hybridized carbons (Fsp3) is 0.500. The molecule has 6 heteroatoms. The van der Waals surface area contributed by atoms with Gasteiger partial charge in [0.1, 0.15) is 0 Å². The van der Waals surface area contributed by atoms with Crippen LogP contribution in [0.3, 0.4) is 0 Å². The lowest BCUT2D eigenvalue weighted by Gasteiger charge is -2.33. The lowest BCUT2D eigenvalue weighted by molar-refractivity contribution is 0.182. The number of sulfonamides is 1. The number of hydrogen-bond donors (Lipinski definition) is 1. The van der Waals surface area contributed by atoms with Gasteiger partial charge in [-0.3, -0.25) is 4.90 Å². The number of anilines is 1. The first-order chi connectivity index (χ1) is 8.45. The topological polar surface area (TPSA) is 66.6 Å². The SMILES string of the molecule is CS(=O)(=O)N1CCN(Cc2cccc(N)c2)CC1. The van der Waals surface area contributed by atoms with Crippen molar-refractivity contribution < 1.29 is 8.42 Å². The van der Waals surface area contributed by atoms with E-state index >= 15 is 0 Å². The molecule has 1 aliphatic rings. The summed E-state index contributed by atoms with van der Waals surface area (Å²) in [4.78, 5) is 2.25. The summed E-state index contributed by atoms with van der Waals surface area (Å²) >= 11 is 0. The molecule has 0 unspecified atom stereocenters. The second-order valence-electron chi connectivity index (χ2n) is 4.68. The Labute approximate surface area is 108 Å². The van der Waals surface area contributed by atoms with E-state index in [0.29, 0.717) is 13.1 Å². The smallest absolute Gasteiger partial charge is 0.211 e. The Hall–Kier alpha value is -1.11. The molecular formula is C12H19N3O2S. The highest BCUT2D eigenvalue weighted by Crippen LogP contribution is 2.12. The zero-order valence-electron chi connectivity index (χ0n) is 10.5. The fourth-order valence-electron chi connectivity index (χ4n) is 2.17. The molecule has 18 heavy (non-hydrogen) atoms. The Bertz CT molecular complexity index is 508. The molecule has 1 fully saturated rings. The van der Waals surface area contributed by atoms with Crippen LogP contribution < -0.4 is 5.73 Å². The summed E-state index contributed by atoms with van der Waals surface area (Å²) in [7, 11) is -3.04. The van der Waals surface area contributed by atoms with Gasteiger partial charge < -0.3 is 5.73 Å². The van der Waals surface area contributed by atoms with E-state index in [0.717, 1.165) is 25.3 Å². The van der Waals surface area contributed by atoms with Gasteiger partial charge >= 0.3 is 0 Å². The number of hydrogen-bond acceptors (Lipinski definition) is 4. The van der Waals surface area contributed by atoms with Gasteiger partial charge in [-0.25, -0.2) is 8.42 Å². The number of nitrogen functional groups attached to an aromatic ring is 1. The van der Waals surface area contributed by atoms with Gasteiger partial charge in [-0.05, 0) is 17.7 Å². The van der Waals surface area contributed by atoms with E-state index in [2.05, 4.69) is 4.90 Å². The summed E-state index contributed by atoms with van der Waals surface area (Å²) in [6.45, 7) is 3.49. The molecule has 0 bridgehead atoms. The van der Waals surface area contributed by atoms with Gasteiger partial charge in [-0.2, -0.15) is 4.31 Å². The minimum absolute atomic E-state index is 0.571. The number of piperazine rings is 1. The van der Waals surface area contributed by atoms with Crippen molar-refractivity contribution in [1.82, 2.24) is 9.21 Å². The van der Waals surface area contributed by atoms with Crippen molar-refractivity contribution in [2.45, 2.75) is 6.54 Å². The standard InChI is InChI=1S/C12H19N3O2S/c1-18(16,17)15-7-5-14(6-8-15)10-11-3-2-4-12(13)9-11/h2-4,9H,5-8,10,13H2,1H3. The first-order valence-corrected chi connectivity index (χ1v) is 7.82. The average molecular weight is 269 g/mol. The van der Waals surface area contributed by atoms with Crippen LogP contribution in [0.1, 0.15) is 5.56 Å². The molecule has 1 aromatic carbocycles. The average Bonchev–Trinajstić information content (AvgIpc) is 2.28. The van der Waals surface area contributed by atoms with E-state index in [1.165, 1.54) is 16.1 Å². The van der Waals surface area contributed by atoms with E-state index < -0.39 is 10.0 Å². The molecule has 5 nitrogen and oxygen atoms in total. The third-order valence-corrected chi connectivity index (χ3v) is 4.46. The zero-order chi connectivity index (χ0) is 13.2. The molecule has 1 aromatic rings. The van der Waals surface area contributed by atoms with Crippen molar-refractivity contribution in [3.63, 3.8) is 0 Å². The molecule has 2 rings (SSSR count). The van der Waals surface area contributed by atoms with E-state index in [9.17, 15) is 8.42 Å².